The molecule has 59 heavy (non-hydrogen) atoms. The summed E-state index contributed by atoms with van der Waals surface area (Å²) in [6.07, 6.45) is 24.8. The molecule has 0 bridgehead atoms. The summed E-state index contributed by atoms with van der Waals surface area (Å²) < 4.78 is 27.1. The third kappa shape index (κ3) is 22.8. The van der Waals surface area contributed by atoms with Gasteiger partial charge in [0.1, 0.15) is 11.9 Å². The second-order valence-electron chi connectivity index (χ2n) is 15.4. The zero-order valence-electron chi connectivity index (χ0n) is 35.4. The largest absolute Gasteiger partial charge is 0.494 e. The molecule has 0 unspecified atom stereocenters. The predicted molar refractivity (Wildman–Crippen MR) is 232 cm³/mol. The molecule has 0 aromatic heterocycles. The number of hydrogen-bond donors (Lipinski definition) is 0. The van der Waals surface area contributed by atoms with Crippen molar-refractivity contribution in [1.82, 2.24) is 0 Å². The van der Waals surface area contributed by atoms with Crippen molar-refractivity contribution in [1.29, 1.82) is 0 Å². The van der Waals surface area contributed by atoms with E-state index >= 15 is 0 Å². The van der Waals surface area contributed by atoms with Crippen LogP contribution in [0.4, 0.5) is 0 Å². The van der Waals surface area contributed by atoms with E-state index in [9.17, 15) is 19.2 Å². The summed E-state index contributed by atoms with van der Waals surface area (Å²) >= 11 is 0. The Morgan fingerprint density at radius 3 is 1.39 bits per heavy atom. The minimum Gasteiger partial charge on any atom is -0.494 e. The van der Waals surface area contributed by atoms with Gasteiger partial charge in [0, 0.05) is 23.6 Å². The SMILES string of the molecule is C=CC(=O)OCCCCCCCCCCCOC(=O)C1CCC(OC(=O)C#Cc2ccc(-c3ccc(OCCCCCCCCCCCOC(=O)C=C)cc3)cc2)CC1. The van der Waals surface area contributed by atoms with Crippen LogP contribution in [0.1, 0.15) is 147 Å². The highest BCUT2D eigenvalue weighted by Crippen LogP contribution is 2.28. The van der Waals surface area contributed by atoms with Gasteiger partial charge in [0.05, 0.1) is 32.3 Å². The van der Waals surface area contributed by atoms with Gasteiger partial charge in [-0.3, -0.25) is 4.79 Å². The molecule has 2 aromatic carbocycles. The highest BCUT2D eigenvalue weighted by Gasteiger charge is 2.29. The highest BCUT2D eigenvalue weighted by atomic mass is 16.5. The Hall–Kier alpha value is -4.84. The first-order chi connectivity index (χ1) is 28.9. The molecule has 1 aliphatic carbocycles. The molecule has 0 amide bonds. The van der Waals surface area contributed by atoms with Gasteiger partial charge in [0.15, 0.2) is 0 Å². The standard InChI is InChI=1S/C50H68O9/c1-3-47(51)56-38-20-16-12-8-5-7-11-15-19-37-55-45-32-28-43(29-33-45)42-26-23-41(24-27-42)25-36-49(53)59-46-34-30-44(31-35-46)50(54)58-40-22-18-14-10-6-9-13-17-21-39-57-48(52)4-2/h3-4,23-24,26-29,32-33,44,46H,1-2,5-22,30-31,34-35,37-40H2. The van der Waals surface area contributed by atoms with E-state index in [0.717, 1.165) is 86.6 Å². The quantitative estimate of drug-likeness (QED) is 0.0250. The number of esters is 4. The van der Waals surface area contributed by atoms with E-state index in [1.54, 1.807) is 0 Å². The van der Waals surface area contributed by atoms with Crippen molar-refractivity contribution in [3.63, 3.8) is 0 Å². The van der Waals surface area contributed by atoms with Crippen LogP contribution in [-0.2, 0) is 38.1 Å². The van der Waals surface area contributed by atoms with E-state index in [-0.39, 0.29) is 29.9 Å². The van der Waals surface area contributed by atoms with Crippen LogP contribution in [-0.4, -0.2) is 56.4 Å². The van der Waals surface area contributed by atoms with Crippen LogP contribution in [0.2, 0.25) is 0 Å². The van der Waals surface area contributed by atoms with Crippen molar-refractivity contribution in [3.05, 3.63) is 79.4 Å². The Kier molecular flexibility index (Phi) is 25.6. The molecule has 0 radical (unpaired) electrons. The first kappa shape index (κ1) is 48.5. The number of unbranched alkanes of at least 4 members (excludes halogenated alkanes) is 16. The summed E-state index contributed by atoms with van der Waals surface area (Å²) in [4.78, 5) is 47.1. The van der Waals surface area contributed by atoms with Crippen LogP contribution in [0.25, 0.3) is 11.1 Å². The van der Waals surface area contributed by atoms with E-state index in [1.807, 2.05) is 36.4 Å². The molecule has 0 heterocycles. The maximum Gasteiger partial charge on any atom is 0.384 e. The van der Waals surface area contributed by atoms with Gasteiger partial charge >= 0.3 is 23.9 Å². The van der Waals surface area contributed by atoms with E-state index in [0.29, 0.717) is 52.1 Å². The Bertz CT molecular complexity index is 1580. The Morgan fingerprint density at radius 1 is 0.525 bits per heavy atom. The fourth-order valence-electron chi connectivity index (χ4n) is 7.04. The lowest BCUT2D eigenvalue weighted by Crippen LogP contribution is -2.28. The molecule has 1 saturated carbocycles. The first-order valence-corrected chi connectivity index (χ1v) is 22.2. The lowest BCUT2D eigenvalue weighted by molar-refractivity contribution is -0.152. The molecule has 3 rings (SSSR count). The third-order valence-corrected chi connectivity index (χ3v) is 10.6. The number of ether oxygens (including phenoxy) is 5. The zero-order chi connectivity index (χ0) is 42.2. The van der Waals surface area contributed by atoms with E-state index in [2.05, 4.69) is 37.1 Å². The van der Waals surface area contributed by atoms with E-state index in [1.165, 1.54) is 63.5 Å². The molecular weight excluding hydrogens is 745 g/mol. The Morgan fingerprint density at radius 2 is 0.932 bits per heavy atom. The minimum absolute atomic E-state index is 0.137. The van der Waals surface area contributed by atoms with Gasteiger partial charge in [-0.2, -0.15) is 0 Å². The average molecular weight is 813 g/mol. The average Bonchev–Trinajstić information content (AvgIpc) is 3.26. The van der Waals surface area contributed by atoms with E-state index in [4.69, 9.17) is 23.7 Å². The number of rotatable bonds is 30. The molecule has 1 fully saturated rings. The van der Waals surface area contributed by atoms with Gasteiger partial charge < -0.3 is 23.7 Å². The van der Waals surface area contributed by atoms with Crippen molar-refractivity contribution < 1.29 is 42.9 Å². The lowest BCUT2D eigenvalue weighted by Gasteiger charge is -2.26. The number of benzene rings is 2. The van der Waals surface area contributed by atoms with Gasteiger partial charge in [0.25, 0.3) is 0 Å². The molecule has 322 valence electrons. The number of carbonyl (C=O) groups is 4. The summed E-state index contributed by atoms with van der Waals surface area (Å²) in [5.41, 5.74) is 2.86. The number of carbonyl (C=O) groups excluding carboxylic acids is 4. The van der Waals surface area contributed by atoms with Crippen molar-refractivity contribution in [3.8, 4) is 28.7 Å². The van der Waals surface area contributed by atoms with Crippen LogP contribution < -0.4 is 4.74 Å². The van der Waals surface area contributed by atoms with Gasteiger partial charge in [-0.15, -0.1) is 0 Å². The number of hydrogen-bond acceptors (Lipinski definition) is 9. The fraction of sp³-hybridized carbons (Fsp3) is 0.560. The summed E-state index contributed by atoms with van der Waals surface area (Å²) in [6.45, 7) is 8.90. The molecule has 0 atom stereocenters. The highest BCUT2D eigenvalue weighted by molar-refractivity contribution is 5.89. The van der Waals surface area contributed by atoms with Crippen LogP contribution in [0.5, 0.6) is 5.75 Å². The summed E-state index contributed by atoms with van der Waals surface area (Å²) in [6, 6.07) is 15.9. The first-order valence-electron chi connectivity index (χ1n) is 22.2. The zero-order valence-corrected chi connectivity index (χ0v) is 35.4. The summed E-state index contributed by atoms with van der Waals surface area (Å²) in [5.74, 6) is 4.89. The van der Waals surface area contributed by atoms with Crippen molar-refractivity contribution in [2.45, 2.75) is 147 Å². The van der Waals surface area contributed by atoms with Crippen molar-refractivity contribution in [2.24, 2.45) is 5.92 Å². The van der Waals surface area contributed by atoms with Crippen LogP contribution >= 0.6 is 0 Å². The van der Waals surface area contributed by atoms with Gasteiger partial charge in [-0.05, 0) is 86.8 Å². The molecule has 9 heteroatoms. The van der Waals surface area contributed by atoms with Gasteiger partial charge in [-0.1, -0.05) is 133 Å². The van der Waals surface area contributed by atoms with Gasteiger partial charge in [-0.25, -0.2) is 14.4 Å². The van der Waals surface area contributed by atoms with Crippen LogP contribution in [0.3, 0.4) is 0 Å². The molecule has 0 saturated heterocycles. The molecule has 0 spiro atoms. The topological polar surface area (TPSA) is 114 Å². The van der Waals surface area contributed by atoms with Crippen molar-refractivity contribution >= 4 is 23.9 Å². The molecule has 0 aliphatic heterocycles. The molecule has 2 aromatic rings. The Labute approximate surface area is 353 Å². The second-order valence-corrected chi connectivity index (χ2v) is 15.4. The Balaban J connectivity index is 1.18. The normalized spacial score (nSPS) is 14.6. The molecular formula is C50H68O9. The minimum atomic E-state index is -0.545. The summed E-state index contributed by atoms with van der Waals surface area (Å²) in [7, 11) is 0. The molecule has 1 aliphatic rings. The van der Waals surface area contributed by atoms with E-state index < -0.39 is 5.97 Å². The maximum absolute atomic E-state index is 12.6. The maximum atomic E-state index is 12.6. The smallest absolute Gasteiger partial charge is 0.384 e. The monoisotopic (exact) mass is 812 g/mol. The lowest BCUT2D eigenvalue weighted by atomic mass is 9.87. The molecule has 9 nitrogen and oxygen atoms in total. The summed E-state index contributed by atoms with van der Waals surface area (Å²) in [5, 5.41) is 0. The van der Waals surface area contributed by atoms with Crippen molar-refractivity contribution in [2.75, 3.05) is 26.4 Å². The van der Waals surface area contributed by atoms with Crippen LogP contribution in [0, 0.1) is 17.8 Å². The molecule has 0 N–H and O–H groups in total. The van der Waals surface area contributed by atoms with Crippen LogP contribution in [0.15, 0.2) is 73.8 Å². The third-order valence-electron chi connectivity index (χ3n) is 10.6. The van der Waals surface area contributed by atoms with Gasteiger partial charge in [0.2, 0.25) is 0 Å². The second kappa shape index (κ2) is 31.1. The fourth-order valence-corrected chi connectivity index (χ4v) is 7.04. The predicted octanol–water partition coefficient (Wildman–Crippen LogP) is 11.2.